The molecule has 1 saturated heterocycles. The van der Waals surface area contributed by atoms with Crippen LogP contribution in [0.2, 0.25) is 0 Å². The Labute approximate surface area is 158 Å². The summed E-state index contributed by atoms with van der Waals surface area (Å²) in [7, 11) is 1.67. The van der Waals surface area contributed by atoms with E-state index in [0.29, 0.717) is 13.0 Å². The molecule has 6 nitrogen and oxygen atoms in total. The molecule has 1 amide bonds. The first kappa shape index (κ1) is 18.6. The van der Waals surface area contributed by atoms with Crippen molar-refractivity contribution >= 4 is 22.6 Å². The summed E-state index contributed by atoms with van der Waals surface area (Å²) in [5.74, 6) is 1.82. The fourth-order valence-corrected chi connectivity index (χ4v) is 3.90. The zero-order chi connectivity index (χ0) is 18.5. The molecule has 3 rings (SSSR count). The first-order valence-electron chi connectivity index (χ1n) is 9.06. The number of piperidine rings is 1. The average Bonchev–Trinajstić information content (AvgIpc) is 3.10. The van der Waals surface area contributed by atoms with Crippen LogP contribution in [0, 0.1) is 5.92 Å². The molecule has 1 fully saturated rings. The SMILES string of the molecule is COc1cccc(Cc2nsc(N3CCC[C@H](C(=O)NC(C)C)C3)n2)c1. The predicted octanol–water partition coefficient (Wildman–Crippen LogP) is 2.88. The van der Waals surface area contributed by atoms with Crippen LogP contribution in [0.3, 0.4) is 0 Å². The van der Waals surface area contributed by atoms with Crippen LogP contribution >= 0.6 is 11.5 Å². The Kier molecular flexibility index (Phi) is 6.08. The maximum atomic E-state index is 12.3. The molecule has 0 bridgehead atoms. The van der Waals surface area contributed by atoms with Crippen LogP contribution in [0.15, 0.2) is 24.3 Å². The summed E-state index contributed by atoms with van der Waals surface area (Å²) in [5, 5.41) is 3.93. The van der Waals surface area contributed by atoms with Gasteiger partial charge in [-0.3, -0.25) is 4.79 Å². The number of hydrogen-bond donors (Lipinski definition) is 1. The van der Waals surface area contributed by atoms with E-state index in [4.69, 9.17) is 9.72 Å². The van der Waals surface area contributed by atoms with Gasteiger partial charge in [-0.25, -0.2) is 4.98 Å². The minimum absolute atomic E-state index is 0.0249. The molecule has 0 unspecified atom stereocenters. The van der Waals surface area contributed by atoms with Crippen LogP contribution < -0.4 is 15.0 Å². The highest BCUT2D eigenvalue weighted by Gasteiger charge is 2.27. The van der Waals surface area contributed by atoms with Gasteiger partial charge in [0.25, 0.3) is 0 Å². The van der Waals surface area contributed by atoms with Crippen LogP contribution in [0.1, 0.15) is 38.1 Å². The quantitative estimate of drug-likeness (QED) is 0.842. The third kappa shape index (κ3) is 4.72. The van der Waals surface area contributed by atoms with E-state index in [1.165, 1.54) is 11.5 Å². The standard InChI is InChI=1S/C19H26N4O2S/c1-13(2)20-18(24)15-7-5-9-23(12-15)19-21-17(22-26-19)11-14-6-4-8-16(10-14)25-3/h4,6,8,10,13,15H,5,7,9,11-12H2,1-3H3,(H,20,24)/t15-/m0/s1. The molecule has 0 spiro atoms. The number of anilines is 1. The van der Waals surface area contributed by atoms with Crippen LogP contribution in [-0.2, 0) is 11.2 Å². The van der Waals surface area contributed by atoms with Gasteiger partial charge in [-0.05, 0) is 44.4 Å². The summed E-state index contributed by atoms with van der Waals surface area (Å²) < 4.78 is 9.78. The third-order valence-corrected chi connectivity index (χ3v) is 5.26. The first-order valence-corrected chi connectivity index (χ1v) is 9.83. The van der Waals surface area contributed by atoms with Crippen LogP contribution in [-0.4, -0.2) is 41.5 Å². The van der Waals surface area contributed by atoms with Gasteiger partial charge in [0.2, 0.25) is 11.0 Å². The monoisotopic (exact) mass is 374 g/mol. The summed E-state index contributed by atoms with van der Waals surface area (Å²) >= 11 is 1.41. The van der Waals surface area contributed by atoms with E-state index in [1.807, 2.05) is 32.0 Å². The molecule has 2 heterocycles. The molecule has 1 aliphatic heterocycles. The topological polar surface area (TPSA) is 67.3 Å². The molecule has 26 heavy (non-hydrogen) atoms. The molecule has 0 aliphatic carbocycles. The Bertz CT molecular complexity index is 747. The van der Waals surface area contributed by atoms with Gasteiger partial charge in [0.1, 0.15) is 11.6 Å². The minimum atomic E-state index is 0.0249. The second kappa shape index (κ2) is 8.49. The molecule has 1 N–H and O–H groups in total. The van der Waals surface area contributed by atoms with E-state index in [0.717, 1.165) is 41.7 Å². The molecule has 1 aromatic carbocycles. The number of benzene rings is 1. The van der Waals surface area contributed by atoms with Gasteiger partial charge < -0.3 is 15.0 Å². The van der Waals surface area contributed by atoms with Crippen molar-refractivity contribution in [2.24, 2.45) is 5.92 Å². The van der Waals surface area contributed by atoms with Gasteiger partial charge >= 0.3 is 0 Å². The van der Waals surface area contributed by atoms with E-state index in [1.54, 1.807) is 7.11 Å². The van der Waals surface area contributed by atoms with Crippen molar-refractivity contribution in [3.8, 4) is 5.75 Å². The second-order valence-electron chi connectivity index (χ2n) is 6.97. The van der Waals surface area contributed by atoms with Crippen molar-refractivity contribution in [2.45, 2.75) is 39.2 Å². The number of nitrogens with zero attached hydrogens (tertiary/aromatic N) is 3. The lowest BCUT2D eigenvalue weighted by atomic mass is 9.97. The zero-order valence-electron chi connectivity index (χ0n) is 15.6. The van der Waals surface area contributed by atoms with Gasteiger partial charge in [0.15, 0.2) is 0 Å². The maximum Gasteiger partial charge on any atom is 0.225 e. The van der Waals surface area contributed by atoms with Crippen molar-refractivity contribution in [3.63, 3.8) is 0 Å². The van der Waals surface area contributed by atoms with E-state index >= 15 is 0 Å². The highest BCUT2D eigenvalue weighted by Crippen LogP contribution is 2.26. The first-order chi connectivity index (χ1) is 12.5. The number of hydrogen-bond acceptors (Lipinski definition) is 6. The van der Waals surface area contributed by atoms with Gasteiger partial charge in [-0.15, -0.1) is 0 Å². The Morgan fingerprint density at radius 2 is 2.31 bits per heavy atom. The van der Waals surface area contributed by atoms with E-state index in [2.05, 4.69) is 20.7 Å². The largest absolute Gasteiger partial charge is 0.497 e. The highest BCUT2D eigenvalue weighted by atomic mass is 32.1. The van der Waals surface area contributed by atoms with Crippen molar-refractivity contribution in [1.29, 1.82) is 0 Å². The third-order valence-electron chi connectivity index (χ3n) is 4.45. The van der Waals surface area contributed by atoms with Gasteiger partial charge in [0.05, 0.1) is 13.0 Å². The number of carbonyl (C=O) groups excluding carboxylic acids is 1. The predicted molar refractivity (Wildman–Crippen MR) is 104 cm³/mol. The molecule has 2 aromatic rings. The van der Waals surface area contributed by atoms with Crippen molar-refractivity contribution in [1.82, 2.24) is 14.7 Å². The lowest BCUT2D eigenvalue weighted by molar-refractivity contribution is -0.125. The number of amides is 1. The van der Waals surface area contributed by atoms with Gasteiger partial charge in [-0.2, -0.15) is 4.37 Å². The second-order valence-corrected chi connectivity index (χ2v) is 7.70. The summed E-state index contributed by atoms with van der Waals surface area (Å²) in [5.41, 5.74) is 1.13. The Morgan fingerprint density at radius 3 is 3.08 bits per heavy atom. The van der Waals surface area contributed by atoms with Gasteiger partial charge in [0, 0.05) is 37.1 Å². The highest BCUT2D eigenvalue weighted by molar-refractivity contribution is 7.09. The Hall–Kier alpha value is -2.15. The molecule has 140 valence electrons. The van der Waals surface area contributed by atoms with Crippen LogP contribution in [0.5, 0.6) is 5.75 Å². The van der Waals surface area contributed by atoms with Crippen molar-refractivity contribution < 1.29 is 9.53 Å². The smallest absolute Gasteiger partial charge is 0.225 e. The number of ether oxygens (including phenoxy) is 1. The fraction of sp³-hybridized carbons (Fsp3) is 0.526. The summed E-state index contributed by atoms with van der Waals surface area (Å²) in [6.07, 6.45) is 2.62. The number of methoxy groups -OCH3 is 1. The minimum Gasteiger partial charge on any atom is -0.497 e. The maximum absolute atomic E-state index is 12.3. The molecule has 0 radical (unpaired) electrons. The fourth-order valence-electron chi connectivity index (χ4n) is 3.18. The molecular formula is C19H26N4O2S. The number of carbonyl (C=O) groups is 1. The normalized spacial score (nSPS) is 17.4. The molecular weight excluding hydrogens is 348 g/mol. The van der Waals surface area contributed by atoms with Gasteiger partial charge in [-0.1, -0.05) is 12.1 Å². The van der Waals surface area contributed by atoms with Crippen molar-refractivity contribution in [3.05, 3.63) is 35.7 Å². The lowest BCUT2D eigenvalue weighted by Crippen LogP contribution is -2.44. The molecule has 0 saturated carbocycles. The summed E-state index contributed by atoms with van der Waals surface area (Å²) in [6.45, 7) is 5.63. The number of nitrogens with one attached hydrogen (secondary N) is 1. The summed E-state index contributed by atoms with van der Waals surface area (Å²) in [6, 6.07) is 8.14. The lowest BCUT2D eigenvalue weighted by Gasteiger charge is -2.31. The molecule has 1 aliphatic rings. The molecule has 1 atom stereocenters. The van der Waals surface area contributed by atoms with Crippen LogP contribution in [0.4, 0.5) is 5.13 Å². The zero-order valence-corrected chi connectivity index (χ0v) is 16.4. The van der Waals surface area contributed by atoms with E-state index < -0.39 is 0 Å². The van der Waals surface area contributed by atoms with E-state index in [-0.39, 0.29) is 17.9 Å². The summed E-state index contributed by atoms with van der Waals surface area (Å²) in [4.78, 5) is 19.2. The molecule has 7 heteroatoms. The van der Waals surface area contributed by atoms with E-state index in [9.17, 15) is 4.79 Å². The Morgan fingerprint density at radius 1 is 1.46 bits per heavy atom. The molecule has 1 aromatic heterocycles. The van der Waals surface area contributed by atoms with Crippen molar-refractivity contribution in [2.75, 3.05) is 25.1 Å². The average molecular weight is 375 g/mol. The van der Waals surface area contributed by atoms with Crippen LogP contribution in [0.25, 0.3) is 0 Å². The Balaban J connectivity index is 1.64. The number of aromatic nitrogens is 2. The number of rotatable bonds is 6.